The first-order chi connectivity index (χ1) is 18.3. The summed E-state index contributed by atoms with van der Waals surface area (Å²) in [7, 11) is 1.61. The minimum atomic E-state index is -0.179. The second kappa shape index (κ2) is 11.4. The summed E-state index contributed by atoms with van der Waals surface area (Å²) in [5.41, 5.74) is 3.89. The first-order valence-electron chi connectivity index (χ1n) is 12.3. The van der Waals surface area contributed by atoms with E-state index in [9.17, 15) is 9.59 Å². The Morgan fingerprint density at radius 2 is 1.82 bits per heavy atom. The number of anilines is 2. The third-order valence-corrected chi connectivity index (χ3v) is 8.68. The number of methoxy groups -OCH3 is 1. The van der Waals surface area contributed by atoms with Crippen LogP contribution < -0.4 is 14.5 Å². The van der Waals surface area contributed by atoms with Gasteiger partial charge in [-0.3, -0.25) is 14.5 Å². The Bertz CT molecular complexity index is 1420. The van der Waals surface area contributed by atoms with Crippen LogP contribution in [0.2, 0.25) is 5.02 Å². The Hall–Kier alpha value is -2.94. The molecule has 0 saturated carbocycles. The number of ether oxygens (including phenoxy) is 1. The van der Waals surface area contributed by atoms with Crippen molar-refractivity contribution < 1.29 is 14.3 Å². The molecular formula is C29H27BrClN3O3S. The molecule has 0 radical (unpaired) electrons. The fourth-order valence-electron chi connectivity index (χ4n) is 4.70. The molecule has 5 rings (SSSR count). The predicted octanol–water partition coefficient (Wildman–Crippen LogP) is 6.25. The molecule has 0 spiro atoms. The number of para-hydroxylation sites is 1. The highest BCUT2D eigenvalue weighted by atomic mass is 79.9. The SMILES string of the molecule is COc1ccc(C=C2Sc3ccccc3N(CC(=O)N3CCN(c4cc(Cl)ccc4C)CC3)C2=O)cc1Br. The van der Waals surface area contributed by atoms with Crippen molar-refractivity contribution in [3.8, 4) is 5.75 Å². The number of amides is 2. The van der Waals surface area contributed by atoms with Gasteiger partial charge in [-0.25, -0.2) is 0 Å². The summed E-state index contributed by atoms with van der Waals surface area (Å²) >= 11 is 11.2. The molecule has 0 atom stereocenters. The molecular weight excluding hydrogens is 586 g/mol. The number of hydrogen-bond donors (Lipinski definition) is 0. The van der Waals surface area contributed by atoms with E-state index >= 15 is 0 Å². The van der Waals surface area contributed by atoms with E-state index in [2.05, 4.69) is 27.8 Å². The Balaban J connectivity index is 1.33. The van der Waals surface area contributed by atoms with Gasteiger partial charge in [-0.2, -0.15) is 0 Å². The molecule has 0 aliphatic carbocycles. The van der Waals surface area contributed by atoms with Crippen LogP contribution in [0.4, 0.5) is 11.4 Å². The van der Waals surface area contributed by atoms with Gasteiger partial charge in [-0.05, 0) is 76.5 Å². The molecule has 0 bridgehead atoms. The number of nitrogens with zero attached hydrogens (tertiary/aromatic N) is 3. The highest BCUT2D eigenvalue weighted by Gasteiger charge is 2.32. The van der Waals surface area contributed by atoms with Crippen LogP contribution in [0.15, 0.2) is 74.9 Å². The van der Waals surface area contributed by atoms with Crippen LogP contribution in [0.1, 0.15) is 11.1 Å². The molecule has 2 aliphatic heterocycles. The van der Waals surface area contributed by atoms with Crippen molar-refractivity contribution in [2.75, 3.05) is 49.6 Å². The normalized spacial score (nSPS) is 16.6. The largest absolute Gasteiger partial charge is 0.496 e. The molecule has 38 heavy (non-hydrogen) atoms. The van der Waals surface area contributed by atoms with Gasteiger partial charge in [0.1, 0.15) is 12.3 Å². The molecule has 3 aromatic carbocycles. The van der Waals surface area contributed by atoms with E-state index in [0.717, 1.165) is 37.6 Å². The number of aryl methyl sites for hydroxylation is 1. The molecule has 2 amide bonds. The maximum atomic E-state index is 13.6. The summed E-state index contributed by atoms with van der Waals surface area (Å²) < 4.78 is 6.13. The van der Waals surface area contributed by atoms with Gasteiger partial charge < -0.3 is 14.5 Å². The molecule has 2 aliphatic rings. The van der Waals surface area contributed by atoms with Crippen LogP contribution in [0, 0.1) is 6.92 Å². The minimum Gasteiger partial charge on any atom is -0.496 e. The smallest absolute Gasteiger partial charge is 0.265 e. The van der Waals surface area contributed by atoms with E-state index in [-0.39, 0.29) is 18.4 Å². The van der Waals surface area contributed by atoms with Crippen LogP contribution >= 0.6 is 39.3 Å². The standard InChI is InChI=1S/C29H27BrClN3O3S/c1-19-7-9-21(31)17-24(19)32-11-13-33(14-12-32)28(35)18-34-23-5-3-4-6-26(23)38-27(29(34)36)16-20-8-10-25(37-2)22(30)15-20/h3-10,15-17H,11-14,18H2,1-2H3. The van der Waals surface area contributed by atoms with Crippen molar-refractivity contribution in [1.29, 1.82) is 0 Å². The molecule has 0 N–H and O–H groups in total. The van der Waals surface area contributed by atoms with Crippen molar-refractivity contribution in [3.05, 3.63) is 86.2 Å². The van der Waals surface area contributed by atoms with E-state index in [1.54, 1.807) is 12.0 Å². The highest BCUT2D eigenvalue weighted by molar-refractivity contribution is 9.10. The maximum absolute atomic E-state index is 13.6. The number of fused-ring (bicyclic) bond motifs is 1. The van der Waals surface area contributed by atoms with E-state index in [1.165, 1.54) is 11.8 Å². The number of carbonyl (C=O) groups excluding carboxylic acids is 2. The van der Waals surface area contributed by atoms with Crippen LogP contribution in [-0.4, -0.2) is 56.5 Å². The fraction of sp³-hybridized carbons (Fsp3) is 0.241. The van der Waals surface area contributed by atoms with Gasteiger partial charge in [0.25, 0.3) is 5.91 Å². The molecule has 2 heterocycles. The van der Waals surface area contributed by atoms with Crippen LogP contribution in [0.5, 0.6) is 5.75 Å². The number of rotatable bonds is 5. The minimum absolute atomic E-state index is 0.00372. The fourth-order valence-corrected chi connectivity index (χ4v) is 6.48. The Kier molecular flexibility index (Phi) is 8.02. The van der Waals surface area contributed by atoms with Crippen molar-refractivity contribution in [1.82, 2.24) is 4.90 Å². The lowest BCUT2D eigenvalue weighted by molar-refractivity contribution is -0.131. The van der Waals surface area contributed by atoms with Crippen LogP contribution in [0.3, 0.4) is 0 Å². The van der Waals surface area contributed by atoms with Gasteiger partial charge in [-0.15, -0.1) is 0 Å². The van der Waals surface area contributed by atoms with Crippen molar-refractivity contribution in [3.63, 3.8) is 0 Å². The van der Waals surface area contributed by atoms with E-state index in [1.807, 2.05) is 71.6 Å². The maximum Gasteiger partial charge on any atom is 0.265 e. The molecule has 1 fully saturated rings. The summed E-state index contributed by atoms with van der Waals surface area (Å²) in [4.78, 5) is 34.3. The average Bonchev–Trinajstić information content (AvgIpc) is 2.92. The van der Waals surface area contributed by atoms with Gasteiger partial charge in [0, 0.05) is 41.8 Å². The lowest BCUT2D eigenvalue weighted by atomic mass is 10.1. The van der Waals surface area contributed by atoms with Crippen molar-refractivity contribution in [2.45, 2.75) is 11.8 Å². The second-order valence-corrected chi connectivity index (χ2v) is 11.5. The lowest BCUT2D eigenvalue weighted by Gasteiger charge is -2.38. The summed E-state index contributed by atoms with van der Waals surface area (Å²) in [6.07, 6.45) is 1.86. The van der Waals surface area contributed by atoms with E-state index < -0.39 is 0 Å². The van der Waals surface area contributed by atoms with Crippen LogP contribution in [-0.2, 0) is 9.59 Å². The molecule has 3 aromatic rings. The van der Waals surface area contributed by atoms with Crippen molar-refractivity contribution >= 4 is 68.6 Å². The summed E-state index contributed by atoms with van der Waals surface area (Å²) in [6, 6.07) is 19.3. The zero-order valence-electron chi connectivity index (χ0n) is 21.1. The number of benzene rings is 3. The quantitative estimate of drug-likeness (QED) is 0.319. The molecule has 6 nitrogen and oxygen atoms in total. The average molecular weight is 613 g/mol. The third-order valence-electron chi connectivity index (χ3n) is 6.74. The van der Waals surface area contributed by atoms with Crippen molar-refractivity contribution in [2.24, 2.45) is 0 Å². The molecule has 0 unspecified atom stereocenters. The summed E-state index contributed by atoms with van der Waals surface area (Å²) in [5, 5.41) is 0.704. The molecule has 196 valence electrons. The van der Waals surface area contributed by atoms with E-state index in [0.29, 0.717) is 36.1 Å². The zero-order valence-corrected chi connectivity index (χ0v) is 24.3. The summed E-state index contributed by atoms with van der Waals surface area (Å²) in [5.74, 6) is 0.481. The zero-order chi connectivity index (χ0) is 26.8. The third kappa shape index (κ3) is 5.58. The topological polar surface area (TPSA) is 53.1 Å². The Morgan fingerprint density at radius 3 is 2.55 bits per heavy atom. The van der Waals surface area contributed by atoms with E-state index in [4.69, 9.17) is 16.3 Å². The first-order valence-corrected chi connectivity index (χ1v) is 14.3. The second-order valence-electron chi connectivity index (χ2n) is 9.16. The number of piperazine rings is 1. The lowest BCUT2D eigenvalue weighted by Crippen LogP contribution is -2.52. The Labute approximate surface area is 240 Å². The van der Waals surface area contributed by atoms with Gasteiger partial charge in [0.2, 0.25) is 5.91 Å². The molecule has 1 saturated heterocycles. The number of carbonyl (C=O) groups is 2. The monoisotopic (exact) mass is 611 g/mol. The number of hydrogen-bond acceptors (Lipinski definition) is 5. The highest BCUT2D eigenvalue weighted by Crippen LogP contribution is 2.42. The number of thioether (sulfide) groups is 1. The number of halogens is 2. The predicted molar refractivity (Wildman–Crippen MR) is 158 cm³/mol. The van der Waals surface area contributed by atoms with Gasteiger partial charge in [0.05, 0.1) is 22.2 Å². The molecule has 0 aromatic heterocycles. The first kappa shape index (κ1) is 26.7. The van der Waals surface area contributed by atoms with Crippen LogP contribution in [0.25, 0.3) is 6.08 Å². The van der Waals surface area contributed by atoms with Gasteiger partial charge in [-0.1, -0.05) is 47.6 Å². The van der Waals surface area contributed by atoms with Gasteiger partial charge in [0.15, 0.2) is 0 Å². The molecule has 9 heteroatoms. The van der Waals surface area contributed by atoms with Gasteiger partial charge >= 0.3 is 0 Å². The summed E-state index contributed by atoms with van der Waals surface area (Å²) in [6.45, 7) is 4.67. The Morgan fingerprint density at radius 1 is 1.05 bits per heavy atom.